The molecule has 0 aromatic heterocycles. The largest absolute Gasteiger partial charge is 0.497 e. The molecule has 220 valence electrons. The van der Waals surface area contributed by atoms with Gasteiger partial charge >= 0.3 is 0 Å². The van der Waals surface area contributed by atoms with E-state index in [1.807, 2.05) is 6.92 Å². The van der Waals surface area contributed by atoms with Crippen LogP contribution in [-0.2, 0) is 24.8 Å². The van der Waals surface area contributed by atoms with E-state index in [1.165, 1.54) is 35.7 Å². The van der Waals surface area contributed by atoms with Crippen LogP contribution in [0, 0.1) is 6.92 Å². The maximum atomic E-state index is 13.5. The first-order valence-corrected chi connectivity index (χ1v) is 16.2. The molecule has 12 heteroatoms. The van der Waals surface area contributed by atoms with E-state index in [1.54, 1.807) is 48.5 Å². The van der Waals surface area contributed by atoms with Crippen LogP contribution in [0.4, 0.5) is 5.69 Å². The summed E-state index contributed by atoms with van der Waals surface area (Å²) in [6.07, 6.45) is 2.77. The zero-order chi connectivity index (χ0) is 29.5. The molecule has 3 aromatic carbocycles. The lowest BCUT2D eigenvalue weighted by Crippen LogP contribution is -2.41. The number of nitrogens with zero attached hydrogens (tertiary/aromatic N) is 2. The number of ether oxygens (including phenoxy) is 2. The predicted octanol–water partition coefficient (Wildman–Crippen LogP) is 3.57. The van der Waals surface area contributed by atoms with E-state index >= 15 is 0 Å². The van der Waals surface area contributed by atoms with Crippen LogP contribution in [0.15, 0.2) is 82.6 Å². The van der Waals surface area contributed by atoms with Crippen LogP contribution in [-0.4, -0.2) is 66.9 Å². The summed E-state index contributed by atoms with van der Waals surface area (Å²) in [6.45, 7) is 2.75. The molecule has 4 rings (SSSR count). The molecule has 1 heterocycles. The van der Waals surface area contributed by atoms with Crippen molar-refractivity contribution >= 4 is 31.6 Å². The molecule has 0 bridgehead atoms. The number of amides is 1. The summed E-state index contributed by atoms with van der Waals surface area (Å²) in [7, 11) is -6.09. The molecule has 1 fully saturated rings. The number of rotatable bonds is 12. The third-order valence-electron chi connectivity index (χ3n) is 6.73. The quantitative estimate of drug-likeness (QED) is 0.315. The van der Waals surface area contributed by atoms with Gasteiger partial charge in [-0.1, -0.05) is 24.1 Å². The van der Waals surface area contributed by atoms with Gasteiger partial charge in [0.15, 0.2) is 0 Å². The van der Waals surface area contributed by atoms with Gasteiger partial charge in [-0.2, -0.15) is 4.31 Å². The fourth-order valence-electron chi connectivity index (χ4n) is 4.41. The number of carbonyl (C=O) groups is 1. The lowest BCUT2D eigenvalue weighted by molar-refractivity contribution is -0.119. The first-order chi connectivity index (χ1) is 19.6. The number of hydrogen-bond acceptors (Lipinski definition) is 7. The Labute approximate surface area is 242 Å². The fourth-order valence-corrected chi connectivity index (χ4v) is 7.35. The van der Waals surface area contributed by atoms with Crippen LogP contribution < -0.4 is 19.1 Å². The molecule has 41 heavy (non-hydrogen) atoms. The summed E-state index contributed by atoms with van der Waals surface area (Å²) < 4.78 is 66.0. The van der Waals surface area contributed by atoms with Crippen molar-refractivity contribution in [2.75, 3.05) is 44.2 Å². The number of aryl methyl sites for hydroxylation is 1. The van der Waals surface area contributed by atoms with Crippen molar-refractivity contribution in [1.82, 2.24) is 9.62 Å². The summed E-state index contributed by atoms with van der Waals surface area (Å²) in [5.41, 5.74) is 1.31. The van der Waals surface area contributed by atoms with Crippen LogP contribution in [0.5, 0.6) is 11.5 Å². The summed E-state index contributed by atoms with van der Waals surface area (Å²) in [4.78, 5) is 13.1. The molecular formula is C29H35N3O7S2. The third-order valence-corrected chi connectivity index (χ3v) is 10.4. The minimum absolute atomic E-state index is 0.0285. The first kappa shape index (κ1) is 30.4. The zero-order valence-electron chi connectivity index (χ0n) is 23.2. The smallest absolute Gasteiger partial charge is 0.264 e. The molecular weight excluding hydrogens is 566 g/mol. The fraction of sp³-hybridized carbons (Fsp3) is 0.345. The summed E-state index contributed by atoms with van der Waals surface area (Å²) in [5, 5.41) is 2.69. The molecule has 0 atom stereocenters. The van der Waals surface area contributed by atoms with Crippen LogP contribution >= 0.6 is 0 Å². The Morgan fingerprint density at radius 1 is 0.829 bits per heavy atom. The maximum Gasteiger partial charge on any atom is 0.264 e. The highest BCUT2D eigenvalue weighted by Gasteiger charge is 2.28. The van der Waals surface area contributed by atoms with E-state index in [2.05, 4.69) is 5.32 Å². The van der Waals surface area contributed by atoms with Gasteiger partial charge in [-0.15, -0.1) is 0 Å². The lowest BCUT2D eigenvalue weighted by atomic mass is 10.2. The Morgan fingerprint density at radius 2 is 1.41 bits per heavy atom. The average Bonchev–Trinajstić information content (AvgIpc) is 2.99. The Kier molecular flexibility index (Phi) is 9.90. The van der Waals surface area contributed by atoms with Gasteiger partial charge in [-0.25, -0.2) is 16.8 Å². The summed E-state index contributed by atoms with van der Waals surface area (Å²) in [5.74, 6) is 0.469. The molecule has 0 spiro atoms. The highest BCUT2D eigenvalue weighted by molar-refractivity contribution is 7.92. The minimum atomic E-state index is -4.05. The van der Waals surface area contributed by atoms with Crippen molar-refractivity contribution in [2.24, 2.45) is 0 Å². The van der Waals surface area contributed by atoms with Crippen molar-refractivity contribution < 1.29 is 31.1 Å². The molecule has 1 saturated heterocycles. The van der Waals surface area contributed by atoms with Crippen molar-refractivity contribution in [3.05, 3.63) is 78.4 Å². The third kappa shape index (κ3) is 7.57. The molecule has 0 aliphatic carbocycles. The predicted molar refractivity (Wildman–Crippen MR) is 156 cm³/mol. The van der Waals surface area contributed by atoms with Gasteiger partial charge in [-0.3, -0.25) is 9.10 Å². The van der Waals surface area contributed by atoms with Crippen LogP contribution in [0.3, 0.4) is 0 Å². The lowest BCUT2D eigenvalue weighted by Gasteiger charge is -2.25. The second-order valence-electron chi connectivity index (χ2n) is 9.66. The highest BCUT2D eigenvalue weighted by atomic mass is 32.2. The van der Waals surface area contributed by atoms with E-state index in [9.17, 15) is 21.6 Å². The minimum Gasteiger partial charge on any atom is -0.497 e. The number of hydrogen-bond donors (Lipinski definition) is 1. The topological polar surface area (TPSA) is 122 Å². The molecule has 1 amide bonds. The second-order valence-corrected chi connectivity index (χ2v) is 13.5. The van der Waals surface area contributed by atoms with Gasteiger partial charge in [0.05, 0.1) is 29.1 Å². The second kappa shape index (κ2) is 13.4. The van der Waals surface area contributed by atoms with Gasteiger partial charge in [0.25, 0.3) is 10.0 Å². The van der Waals surface area contributed by atoms with Crippen molar-refractivity contribution in [2.45, 2.75) is 36.0 Å². The Hall–Kier alpha value is -3.61. The van der Waals surface area contributed by atoms with E-state index in [0.717, 1.165) is 29.1 Å². The van der Waals surface area contributed by atoms with Crippen molar-refractivity contribution in [3.8, 4) is 11.5 Å². The van der Waals surface area contributed by atoms with Crippen LogP contribution in [0.1, 0.15) is 24.8 Å². The van der Waals surface area contributed by atoms with Gasteiger partial charge in [0.1, 0.15) is 24.7 Å². The number of piperidine rings is 1. The molecule has 1 N–H and O–H groups in total. The van der Waals surface area contributed by atoms with Crippen LogP contribution in [0.2, 0.25) is 0 Å². The number of nitrogens with one attached hydrogen (secondary N) is 1. The average molecular weight is 602 g/mol. The number of sulfonamides is 2. The number of anilines is 1. The summed E-state index contributed by atoms with van der Waals surface area (Å²) >= 11 is 0. The zero-order valence-corrected chi connectivity index (χ0v) is 24.8. The normalized spacial score (nSPS) is 14.3. The molecule has 0 saturated carbocycles. The highest BCUT2D eigenvalue weighted by Crippen LogP contribution is 2.26. The van der Waals surface area contributed by atoms with Gasteiger partial charge in [0.2, 0.25) is 15.9 Å². The monoisotopic (exact) mass is 601 g/mol. The van der Waals surface area contributed by atoms with E-state index in [-0.39, 0.29) is 22.9 Å². The van der Waals surface area contributed by atoms with E-state index in [4.69, 9.17) is 9.47 Å². The first-order valence-electron chi connectivity index (χ1n) is 13.3. The molecule has 1 aliphatic rings. The van der Waals surface area contributed by atoms with E-state index in [0.29, 0.717) is 30.3 Å². The molecule has 3 aromatic rings. The Balaban J connectivity index is 1.35. The molecule has 1 aliphatic heterocycles. The Morgan fingerprint density at radius 3 is 2.02 bits per heavy atom. The SMILES string of the molecule is COc1ccc(S(=O)(=O)N(CC(=O)NCCOc2ccc(S(=O)(=O)N3CCCCC3)cc2)c2ccc(C)cc2)cc1. The number of carbonyl (C=O) groups excluding carboxylic acids is 1. The van der Waals surface area contributed by atoms with Gasteiger partial charge in [-0.05, 0) is 80.4 Å². The molecule has 10 nitrogen and oxygen atoms in total. The number of benzene rings is 3. The molecule has 0 radical (unpaired) electrons. The maximum absolute atomic E-state index is 13.5. The van der Waals surface area contributed by atoms with Crippen LogP contribution in [0.25, 0.3) is 0 Å². The molecule has 0 unspecified atom stereocenters. The Bertz CT molecular complexity index is 1520. The van der Waals surface area contributed by atoms with E-state index < -0.39 is 32.5 Å². The van der Waals surface area contributed by atoms with Crippen molar-refractivity contribution in [3.63, 3.8) is 0 Å². The number of methoxy groups -OCH3 is 1. The van der Waals surface area contributed by atoms with Gasteiger partial charge < -0.3 is 14.8 Å². The standard InChI is InChI=1S/C29H35N3O7S2/c1-23-6-8-24(9-7-23)32(41(36,37)28-14-10-25(38-2)11-15-28)22-29(33)30-18-21-39-26-12-16-27(17-13-26)40(34,35)31-19-4-3-5-20-31/h6-17H,3-5,18-22H2,1-2H3,(H,30,33). The summed E-state index contributed by atoms with van der Waals surface area (Å²) in [6, 6.07) is 19.0. The van der Waals surface area contributed by atoms with Crippen molar-refractivity contribution in [1.29, 1.82) is 0 Å². The van der Waals surface area contributed by atoms with Gasteiger partial charge in [0, 0.05) is 13.1 Å².